The monoisotopic (exact) mass is 526 g/mol. The summed E-state index contributed by atoms with van der Waals surface area (Å²) in [4.78, 5) is 27.1. The van der Waals surface area contributed by atoms with Crippen LogP contribution >= 0.6 is 0 Å². The molecule has 206 valence electrons. The van der Waals surface area contributed by atoms with Gasteiger partial charge >= 0.3 is 6.09 Å². The molecule has 1 saturated heterocycles. The number of amides is 2. The molecule has 0 aliphatic carbocycles. The Balaban J connectivity index is 1.78. The lowest BCUT2D eigenvalue weighted by Gasteiger charge is -2.41. The Labute approximate surface area is 224 Å². The van der Waals surface area contributed by atoms with E-state index in [1.807, 2.05) is 80.6 Å². The van der Waals surface area contributed by atoms with Gasteiger partial charge in [-0.2, -0.15) is 0 Å². The van der Waals surface area contributed by atoms with Crippen molar-refractivity contribution in [1.29, 1.82) is 0 Å². The topological polar surface area (TPSA) is 107 Å². The van der Waals surface area contributed by atoms with E-state index in [9.17, 15) is 14.7 Å². The third-order valence-corrected chi connectivity index (χ3v) is 6.70. The van der Waals surface area contributed by atoms with E-state index >= 15 is 0 Å². The van der Waals surface area contributed by atoms with Gasteiger partial charge in [0.2, 0.25) is 12.2 Å². The van der Waals surface area contributed by atoms with Gasteiger partial charge in [0.1, 0.15) is 6.10 Å². The zero-order chi connectivity index (χ0) is 27.7. The molecule has 4 atom stereocenters. The summed E-state index contributed by atoms with van der Waals surface area (Å²) in [6.45, 7) is 4.11. The maximum Gasteiger partial charge on any atom is 0.409 e. The molecule has 1 aliphatic heterocycles. The largest absolute Gasteiger partial charge is 0.445 e. The fourth-order valence-corrected chi connectivity index (χ4v) is 4.52. The van der Waals surface area contributed by atoms with Gasteiger partial charge in [0.15, 0.2) is 5.72 Å². The number of hydrogen-bond acceptors (Lipinski definition) is 7. The van der Waals surface area contributed by atoms with Crippen LogP contribution in [0.4, 0.5) is 10.5 Å². The van der Waals surface area contributed by atoms with E-state index in [0.29, 0.717) is 6.61 Å². The molecule has 1 fully saturated rings. The van der Waals surface area contributed by atoms with Crippen molar-refractivity contribution in [1.82, 2.24) is 5.32 Å². The summed E-state index contributed by atoms with van der Waals surface area (Å²) in [5.74, 6) is -0.396. The number of anilines is 1. The second-order valence-corrected chi connectivity index (χ2v) is 9.55. The summed E-state index contributed by atoms with van der Waals surface area (Å²) < 4.78 is 22.1. The van der Waals surface area contributed by atoms with Gasteiger partial charge < -0.3 is 29.0 Å². The van der Waals surface area contributed by atoms with Crippen LogP contribution in [0.25, 0.3) is 0 Å². The molecule has 0 aromatic heterocycles. The van der Waals surface area contributed by atoms with Crippen molar-refractivity contribution < 1.29 is 33.6 Å². The van der Waals surface area contributed by atoms with Crippen molar-refractivity contribution in [2.45, 2.75) is 57.5 Å². The van der Waals surface area contributed by atoms with Crippen molar-refractivity contribution >= 4 is 17.7 Å². The summed E-state index contributed by atoms with van der Waals surface area (Å²) in [7, 11) is 4.51. The second-order valence-electron chi connectivity index (χ2n) is 9.55. The molecule has 2 N–H and O–H groups in total. The minimum absolute atomic E-state index is 0.0429. The molecule has 2 aromatic rings. The average molecular weight is 527 g/mol. The van der Waals surface area contributed by atoms with E-state index in [0.717, 1.165) is 16.8 Å². The van der Waals surface area contributed by atoms with E-state index in [1.165, 1.54) is 14.2 Å². The molecule has 0 spiro atoms. The number of hydrogen-bond donors (Lipinski definition) is 2. The Morgan fingerprint density at radius 2 is 1.76 bits per heavy atom. The number of aliphatic hydroxyl groups is 1. The molecule has 0 bridgehead atoms. The Bertz CT molecular complexity index is 1070. The number of para-hydroxylation sites is 1. The van der Waals surface area contributed by atoms with Gasteiger partial charge in [-0.15, -0.1) is 0 Å². The number of alkyl carbamates (subject to hydrolysis) is 1. The molecule has 9 nitrogen and oxygen atoms in total. The SMILES string of the molecule is COC(OC)C1(O)CC(C(C)/C=C(/C)C(CC(=O)N(C)c2ccccc2)OCc2ccccc2)OC(=O)N1. The van der Waals surface area contributed by atoms with Crippen LogP contribution in [0.5, 0.6) is 0 Å². The third kappa shape index (κ3) is 7.64. The number of nitrogens with one attached hydrogen (secondary N) is 1. The molecule has 2 amide bonds. The van der Waals surface area contributed by atoms with Gasteiger partial charge in [0, 0.05) is 39.3 Å². The summed E-state index contributed by atoms with van der Waals surface area (Å²) in [6.07, 6.45) is -0.920. The number of methoxy groups -OCH3 is 2. The van der Waals surface area contributed by atoms with Gasteiger partial charge in [0.05, 0.1) is 19.1 Å². The van der Waals surface area contributed by atoms with Gasteiger partial charge in [-0.05, 0) is 30.2 Å². The van der Waals surface area contributed by atoms with Crippen LogP contribution in [-0.4, -0.2) is 62.6 Å². The zero-order valence-electron chi connectivity index (χ0n) is 22.6. The number of benzene rings is 2. The van der Waals surface area contributed by atoms with Crippen LogP contribution in [0.1, 0.15) is 32.3 Å². The summed E-state index contributed by atoms with van der Waals surface area (Å²) in [5, 5.41) is 13.4. The first-order valence-electron chi connectivity index (χ1n) is 12.6. The molecule has 4 unspecified atom stereocenters. The van der Waals surface area contributed by atoms with Crippen LogP contribution in [0, 0.1) is 5.92 Å². The first-order chi connectivity index (χ1) is 18.2. The minimum atomic E-state index is -1.75. The highest BCUT2D eigenvalue weighted by Gasteiger charge is 2.47. The molecule has 1 heterocycles. The molecule has 38 heavy (non-hydrogen) atoms. The molecule has 0 radical (unpaired) electrons. The molecule has 1 aliphatic rings. The Morgan fingerprint density at radius 1 is 1.16 bits per heavy atom. The molecular weight excluding hydrogens is 488 g/mol. The van der Waals surface area contributed by atoms with E-state index in [4.69, 9.17) is 18.9 Å². The highest BCUT2D eigenvalue weighted by Crippen LogP contribution is 2.29. The van der Waals surface area contributed by atoms with Gasteiger partial charge in [-0.25, -0.2) is 4.79 Å². The molecule has 0 saturated carbocycles. The quantitative estimate of drug-likeness (QED) is 0.318. The lowest BCUT2D eigenvalue weighted by molar-refractivity contribution is -0.243. The fraction of sp³-hybridized carbons (Fsp3) is 0.448. The van der Waals surface area contributed by atoms with E-state index in [-0.39, 0.29) is 24.7 Å². The molecular formula is C29H38N2O7. The standard InChI is InChI=1S/C29H38N2O7/c1-20(16-21(2)25-18-29(34,27(35-4)36-5)30-28(33)38-25)24(37-19-22-12-8-6-9-13-22)17-26(32)31(3)23-14-10-7-11-15-23/h6-16,21,24-25,27,34H,17-19H2,1-5H3,(H,30,33)/b20-16-. The lowest BCUT2D eigenvalue weighted by atomic mass is 9.91. The zero-order valence-corrected chi connectivity index (χ0v) is 22.6. The van der Waals surface area contributed by atoms with Crippen LogP contribution in [0.3, 0.4) is 0 Å². The molecule has 2 aromatic carbocycles. The Kier molecular flexibility index (Phi) is 10.4. The predicted molar refractivity (Wildman–Crippen MR) is 143 cm³/mol. The Morgan fingerprint density at radius 3 is 2.37 bits per heavy atom. The number of cyclic esters (lactones) is 1. The maximum atomic E-state index is 13.2. The predicted octanol–water partition coefficient (Wildman–Crippen LogP) is 4.01. The number of carbonyl (C=O) groups excluding carboxylic acids is 2. The van der Waals surface area contributed by atoms with Crippen molar-refractivity contribution in [2.24, 2.45) is 5.92 Å². The smallest absolute Gasteiger partial charge is 0.409 e. The number of ether oxygens (including phenoxy) is 4. The van der Waals surface area contributed by atoms with Crippen molar-refractivity contribution in [3.63, 3.8) is 0 Å². The third-order valence-electron chi connectivity index (χ3n) is 6.70. The first kappa shape index (κ1) is 29.3. The highest BCUT2D eigenvalue weighted by molar-refractivity contribution is 5.93. The highest BCUT2D eigenvalue weighted by atomic mass is 16.7. The van der Waals surface area contributed by atoms with E-state index in [2.05, 4.69) is 5.32 Å². The van der Waals surface area contributed by atoms with Crippen LogP contribution in [0.2, 0.25) is 0 Å². The molecule has 9 heteroatoms. The normalized spacial score (nSPS) is 21.4. The average Bonchev–Trinajstić information content (AvgIpc) is 2.91. The summed E-state index contributed by atoms with van der Waals surface area (Å²) >= 11 is 0. The Hall–Kier alpha value is -3.24. The number of nitrogens with zero attached hydrogens (tertiary/aromatic N) is 1. The van der Waals surface area contributed by atoms with Crippen LogP contribution < -0.4 is 10.2 Å². The van der Waals surface area contributed by atoms with Crippen molar-refractivity contribution in [3.8, 4) is 0 Å². The lowest BCUT2D eigenvalue weighted by Crippen LogP contribution is -2.64. The summed E-state index contributed by atoms with van der Waals surface area (Å²) in [5.41, 5.74) is 0.846. The van der Waals surface area contributed by atoms with Crippen molar-refractivity contribution in [2.75, 3.05) is 26.2 Å². The molecule has 3 rings (SSSR count). The summed E-state index contributed by atoms with van der Waals surface area (Å²) in [6, 6.07) is 19.2. The fourth-order valence-electron chi connectivity index (χ4n) is 4.52. The van der Waals surface area contributed by atoms with E-state index < -0.39 is 30.3 Å². The minimum Gasteiger partial charge on any atom is -0.445 e. The maximum absolute atomic E-state index is 13.2. The number of carbonyl (C=O) groups is 2. The van der Waals surface area contributed by atoms with E-state index in [1.54, 1.807) is 11.9 Å². The van der Waals surface area contributed by atoms with Crippen molar-refractivity contribution in [3.05, 3.63) is 77.9 Å². The van der Waals surface area contributed by atoms with Gasteiger partial charge in [-0.3, -0.25) is 10.1 Å². The second kappa shape index (κ2) is 13.5. The first-order valence-corrected chi connectivity index (χ1v) is 12.6. The van der Waals surface area contributed by atoms with Crippen LogP contribution in [0.15, 0.2) is 72.3 Å². The van der Waals surface area contributed by atoms with Gasteiger partial charge in [0.25, 0.3) is 0 Å². The van der Waals surface area contributed by atoms with Gasteiger partial charge in [-0.1, -0.05) is 61.5 Å². The number of rotatable bonds is 12. The van der Waals surface area contributed by atoms with Crippen LogP contribution in [-0.2, 0) is 30.3 Å².